The van der Waals surface area contributed by atoms with Crippen LogP contribution in [0.5, 0.6) is 5.75 Å². The van der Waals surface area contributed by atoms with Gasteiger partial charge >= 0.3 is 0 Å². The molecule has 2 atom stereocenters. The molecular weight excluding hydrogens is 376 g/mol. The number of aromatic nitrogens is 2. The Labute approximate surface area is 176 Å². The highest BCUT2D eigenvalue weighted by Crippen LogP contribution is 2.44. The summed E-state index contributed by atoms with van der Waals surface area (Å²) in [4.78, 5) is 20.1. The van der Waals surface area contributed by atoms with E-state index in [1.54, 1.807) is 6.33 Å². The normalized spacial score (nSPS) is 21.7. The first kappa shape index (κ1) is 19.1. The largest absolute Gasteiger partial charge is 0.487 e. The van der Waals surface area contributed by atoms with Crippen LogP contribution in [-0.4, -0.2) is 46.1 Å². The van der Waals surface area contributed by atoms with Gasteiger partial charge in [-0.25, -0.2) is 4.98 Å². The molecule has 1 spiro atoms. The standard InChI is InChI=1S/C24H28N4O2/c1-17(28-16-25-19-8-4-5-9-21(19)28)23(29)26-20-15-24(11-13-27(2)14-12-24)30-22-10-6-3-7-18(20)22/h3-10,16-17,20H,11-15H2,1-2H3,(H,26,29). The number of likely N-dealkylation sites (tertiary alicyclic amines) is 1. The van der Waals surface area contributed by atoms with E-state index in [-0.39, 0.29) is 23.6 Å². The Balaban J connectivity index is 1.40. The molecule has 0 aliphatic carbocycles. The van der Waals surface area contributed by atoms with Gasteiger partial charge in [0.1, 0.15) is 17.4 Å². The number of benzene rings is 2. The van der Waals surface area contributed by atoms with Gasteiger partial charge in [-0.1, -0.05) is 30.3 Å². The molecule has 6 heteroatoms. The molecule has 1 saturated heterocycles. The molecule has 3 aromatic rings. The van der Waals surface area contributed by atoms with E-state index in [0.29, 0.717) is 0 Å². The molecule has 6 nitrogen and oxygen atoms in total. The quantitative estimate of drug-likeness (QED) is 0.723. The van der Waals surface area contributed by atoms with Crippen molar-refractivity contribution in [3.05, 3.63) is 60.4 Å². The Bertz CT molecular complexity index is 1070. The van der Waals surface area contributed by atoms with E-state index < -0.39 is 0 Å². The second-order valence-electron chi connectivity index (χ2n) is 8.71. The molecule has 1 fully saturated rings. The van der Waals surface area contributed by atoms with Crippen molar-refractivity contribution < 1.29 is 9.53 Å². The molecule has 1 N–H and O–H groups in total. The summed E-state index contributed by atoms with van der Waals surface area (Å²) in [6.07, 6.45) is 4.52. The van der Waals surface area contributed by atoms with E-state index in [0.717, 1.165) is 54.7 Å². The van der Waals surface area contributed by atoms with E-state index >= 15 is 0 Å². The van der Waals surface area contributed by atoms with Gasteiger partial charge in [0, 0.05) is 25.1 Å². The lowest BCUT2D eigenvalue weighted by Gasteiger charge is -2.46. The number of nitrogens with zero attached hydrogens (tertiary/aromatic N) is 3. The SMILES string of the molecule is CC(C(=O)NC1CC2(CCN(C)CC2)Oc2ccccc21)n1cnc2ccccc21. The highest BCUT2D eigenvalue weighted by Gasteiger charge is 2.43. The van der Waals surface area contributed by atoms with Crippen molar-refractivity contribution in [2.75, 3.05) is 20.1 Å². The van der Waals surface area contributed by atoms with Gasteiger partial charge in [-0.3, -0.25) is 4.79 Å². The third-order valence-electron chi connectivity index (χ3n) is 6.69. The maximum Gasteiger partial charge on any atom is 0.243 e. The fraction of sp³-hybridized carbons (Fsp3) is 0.417. The zero-order valence-electron chi connectivity index (χ0n) is 17.5. The van der Waals surface area contributed by atoms with Crippen molar-refractivity contribution in [1.82, 2.24) is 19.8 Å². The van der Waals surface area contributed by atoms with Crippen molar-refractivity contribution in [3.8, 4) is 5.75 Å². The van der Waals surface area contributed by atoms with Crippen molar-refractivity contribution >= 4 is 16.9 Å². The van der Waals surface area contributed by atoms with Crippen molar-refractivity contribution in [2.24, 2.45) is 0 Å². The number of hydrogen-bond acceptors (Lipinski definition) is 4. The summed E-state index contributed by atoms with van der Waals surface area (Å²) in [5, 5.41) is 3.33. The number of fused-ring (bicyclic) bond motifs is 2. The van der Waals surface area contributed by atoms with Crippen LogP contribution < -0.4 is 10.1 Å². The minimum Gasteiger partial charge on any atom is -0.487 e. The van der Waals surface area contributed by atoms with Crippen molar-refractivity contribution in [1.29, 1.82) is 0 Å². The van der Waals surface area contributed by atoms with Crippen LogP contribution in [0.25, 0.3) is 11.0 Å². The van der Waals surface area contributed by atoms with Crippen LogP contribution in [0.3, 0.4) is 0 Å². The molecule has 5 rings (SSSR count). The second kappa shape index (κ2) is 7.43. The first-order valence-electron chi connectivity index (χ1n) is 10.7. The van der Waals surface area contributed by atoms with Gasteiger partial charge in [0.15, 0.2) is 0 Å². The number of carbonyl (C=O) groups is 1. The van der Waals surface area contributed by atoms with Gasteiger partial charge in [-0.05, 0) is 45.0 Å². The lowest BCUT2D eigenvalue weighted by atomic mass is 9.80. The summed E-state index contributed by atoms with van der Waals surface area (Å²) < 4.78 is 8.46. The number of ether oxygens (including phenoxy) is 1. The number of imidazole rings is 1. The Morgan fingerprint density at radius 1 is 1.17 bits per heavy atom. The number of rotatable bonds is 3. The highest BCUT2D eigenvalue weighted by molar-refractivity contribution is 5.84. The van der Waals surface area contributed by atoms with E-state index in [2.05, 4.69) is 28.3 Å². The Hall–Kier alpha value is -2.86. The topological polar surface area (TPSA) is 59.4 Å². The van der Waals surface area contributed by atoms with Crippen LogP contribution in [0.15, 0.2) is 54.9 Å². The summed E-state index contributed by atoms with van der Waals surface area (Å²) in [5.74, 6) is 0.905. The van der Waals surface area contributed by atoms with E-state index in [1.165, 1.54) is 0 Å². The maximum atomic E-state index is 13.3. The smallest absolute Gasteiger partial charge is 0.243 e. The van der Waals surface area contributed by atoms with Gasteiger partial charge in [0.25, 0.3) is 0 Å². The third-order valence-corrected chi connectivity index (χ3v) is 6.69. The number of piperidine rings is 1. The summed E-state index contributed by atoms with van der Waals surface area (Å²) in [7, 11) is 2.15. The molecule has 3 heterocycles. The molecule has 1 aromatic heterocycles. The average molecular weight is 405 g/mol. The molecule has 30 heavy (non-hydrogen) atoms. The Kier molecular flexibility index (Phi) is 4.74. The van der Waals surface area contributed by atoms with E-state index in [1.807, 2.05) is 54.0 Å². The molecule has 0 radical (unpaired) electrons. The van der Waals surface area contributed by atoms with Crippen LogP contribution >= 0.6 is 0 Å². The fourth-order valence-electron chi connectivity index (χ4n) is 4.78. The van der Waals surface area contributed by atoms with Gasteiger partial charge in [-0.15, -0.1) is 0 Å². The fourth-order valence-corrected chi connectivity index (χ4v) is 4.78. The van der Waals surface area contributed by atoms with Gasteiger partial charge in [0.05, 0.1) is 23.4 Å². The molecule has 156 valence electrons. The first-order chi connectivity index (χ1) is 14.5. The first-order valence-corrected chi connectivity index (χ1v) is 10.7. The number of amides is 1. The minimum atomic E-state index is -0.346. The zero-order valence-corrected chi connectivity index (χ0v) is 17.5. The second-order valence-corrected chi connectivity index (χ2v) is 8.71. The summed E-state index contributed by atoms with van der Waals surface area (Å²) in [6, 6.07) is 15.6. The van der Waals surface area contributed by atoms with Gasteiger partial charge in [0.2, 0.25) is 5.91 Å². The summed E-state index contributed by atoms with van der Waals surface area (Å²) >= 11 is 0. The predicted octanol–water partition coefficient (Wildman–Crippen LogP) is 3.70. The molecule has 2 aliphatic rings. The van der Waals surface area contributed by atoms with Crippen LogP contribution in [0.4, 0.5) is 0 Å². The molecule has 0 bridgehead atoms. The third kappa shape index (κ3) is 3.35. The lowest BCUT2D eigenvalue weighted by molar-refractivity contribution is -0.125. The molecule has 1 amide bonds. The maximum absolute atomic E-state index is 13.3. The molecule has 2 aromatic carbocycles. The number of carbonyl (C=O) groups excluding carboxylic acids is 1. The monoisotopic (exact) mass is 404 g/mol. The molecule has 2 unspecified atom stereocenters. The number of hydrogen-bond donors (Lipinski definition) is 1. The molecular formula is C24H28N4O2. The van der Waals surface area contributed by atoms with Gasteiger partial charge in [-0.2, -0.15) is 0 Å². The summed E-state index contributed by atoms with van der Waals surface area (Å²) in [6.45, 7) is 3.96. The number of nitrogens with one attached hydrogen (secondary N) is 1. The van der Waals surface area contributed by atoms with E-state index in [4.69, 9.17) is 4.74 Å². The lowest BCUT2D eigenvalue weighted by Crippen LogP contribution is -2.51. The van der Waals surface area contributed by atoms with Gasteiger partial charge < -0.3 is 19.5 Å². The Morgan fingerprint density at radius 2 is 1.90 bits per heavy atom. The van der Waals surface area contributed by atoms with Crippen molar-refractivity contribution in [3.63, 3.8) is 0 Å². The van der Waals surface area contributed by atoms with Crippen LogP contribution in [0.2, 0.25) is 0 Å². The Morgan fingerprint density at radius 3 is 2.73 bits per heavy atom. The van der Waals surface area contributed by atoms with Crippen LogP contribution in [0, 0.1) is 0 Å². The van der Waals surface area contributed by atoms with E-state index in [9.17, 15) is 4.79 Å². The molecule has 0 saturated carbocycles. The predicted molar refractivity (Wildman–Crippen MR) is 116 cm³/mol. The van der Waals surface area contributed by atoms with Crippen LogP contribution in [-0.2, 0) is 4.79 Å². The molecule has 2 aliphatic heterocycles. The minimum absolute atomic E-state index is 0.00272. The summed E-state index contributed by atoms with van der Waals surface area (Å²) in [5.41, 5.74) is 2.74. The zero-order chi connectivity index (χ0) is 20.7. The average Bonchev–Trinajstić information content (AvgIpc) is 3.19. The van der Waals surface area contributed by atoms with Crippen LogP contribution in [0.1, 0.15) is 43.8 Å². The van der Waals surface area contributed by atoms with Crippen molar-refractivity contribution in [2.45, 2.75) is 43.9 Å². The number of para-hydroxylation sites is 3. The highest BCUT2D eigenvalue weighted by atomic mass is 16.5.